The maximum absolute atomic E-state index is 6.04. The molecule has 2 heterocycles. The lowest BCUT2D eigenvalue weighted by Gasteiger charge is -2.34. The topological polar surface area (TPSA) is 41.9 Å². The molecule has 1 aliphatic rings. The van der Waals surface area contributed by atoms with Crippen molar-refractivity contribution in [2.75, 3.05) is 17.3 Å². The summed E-state index contributed by atoms with van der Waals surface area (Å²) in [5, 5.41) is 8.60. The number of hydrogen-bond donors (Lipinski definition) is 0. The number of aryl methyl sites for hydroxylation is 2. The molecule has 1 aromatic heterocycles. The van der Waals surface area contributed by atoms with Crippen LogP contribution in [0.2, 0.25) is 0 Å². The van der Waals surface area contributed by atoms with Crippen molar-refractivity contribution < 1.29 is 0 Å². The molecule has 18 heavy (non-hydrogen) atoms. The van der Waals surface area contributed by atoms with Gasteiger partial charge in [-0.2, -0.15) is 5.10 Å². The number of halogens is 1. The van der Waals surface area contributed by atoms with E-state index in [1.54, 1.807) is 0 Å². The fraction of sp³-hybridized carbons (Fsp3) is 0.769. The second-order valence-corrected chi connectivity index (χ2v) is 5.02. The SMILES string of the molecule is CCc1nnc(N2CCCCC2CCl)nc1CC. The van der Waals surface area contributed by atoms with Crippen LogP contribution in [0.4, 0.5) is 5.95 Å². The number of aromatic nitrogens is 3. The van der Waals surface area contributed by atoms with Crippen LogP contribution in [0, 0.1) is 0 Å². The third-order valence-electron chi connectivity index (χ3n) is 3.56. The van der Waals surface area contributed by atoms with Crippen molar-refractivity contribution in [1.29, 1.82) is 0 Å². The number of hydrogen-bond acceptors (Lipinski definition) is 4. The van der Waals surface area contributed by atoms with Crippen LogP contribution >= 0.6 is 11.6 Å². The van der Waals surface area contributed by atoms with Crippen molar-refractivity contribution in [3.8, 4) is 0 Å². The summed E-state index contributed by atoms with van der Waals surface area (Å²) in [5.74, 6) is 1.40. The van der Waals surface area contributed by atoms with Crippen molar-refractivity contribution in [1.82, 2.24) is 15.2 Å². The van der Waals surface area contributed by atoms with E-state index in [2.05, 4.69) is 33.9 Å². The first kappa shape index (κ1) is 13.5. The van der Waals surface area contributed by atoms with Crippen LogP contribution in [0.1, 0.15) is 44.5 Å². The molecule has 1 aliphatic heterocycles. The summed E-state index contributed by atoms with van der Waals surface area (Å²) in [6, 6.07) is 0.361. The lowest BCUT2D eigenvalue weighted by atomic mass is 10.0. The Morgan fingerprint density at radius 3 is 2.61 bits per heavy atom. The molecule has 0 amide bonds. The van der Waals surface area contributed by atoms with Gasteiger partial charge in [0.1, 0.15) is 0 Å². The van der Waals surface area contributed by atoms with Crippen LogP contribution < -0.4 is 4.90 Å². The van der Waals surface area contributed by atoms with Gasteiger partial charge in [-0.15, -0.1) is 16.7 Å². The normalized spacial score (nSPS) is 20.2. The van der Waals surface area contributed by atoms with E-state index < -0.39 is 0 Å². The summed E-state index contributed by atoms with van der Waals surface area (Å²) in [7, 11) is 0. The van der Waals surface area contributed by atoms with Crippen LogP contribution in [0.5, 0.6) is 0 Å². The molecule has 0 aliphatic carbocycles. The number of alkyl halides is 1. The molecule has 1 atom stereocenters. The Hall–Kier alpha value is -0.900. The average molecular weight is 269 g/mol. The van der Waals surface area contributed by atoms with Gasteiger partial charge in [0, 0.05) is 18.5 Å². The van der Waals surface area contributed by atoms with Gasteiger partial charge in [0.25, 0.3) is 0 Å². The zero-order chi connectivity index (χ0) is 13.0. The van der Waals surface area contributed by atoms with Crippen molar-refractivity contribution in [3.63, 3.8) is 0 Å². The molecule has 1 unspecified atom stereocenters. The molecule has 0 bridgehead atoms. The number of nitrogens with zero attached hydrogens (tertiary/aromatic N) is 4. The highest BCUT2D eigenvalue weighted by molar-refractivity contribution is 6.18. The highest BCUT2D eigenvalue weighted by Gasteiger charge is 2.24. The number of rotatable bonds is 4. The standard InChI is InChI=1S/C13H21ClN4/c1-3-11-12(4-2)16-17-13(15-11)18-8-6-5-7-10(18)9-14/h10H,3-9H2,1-2H3. The Labute approximate surface area is 114 Å². The third-order valence-corrected chi connectivity index (χ3v) is 3.92. The monoisotopic (exact) mass is 268 g/mol. The Kier molecular flexibility index (Phi) is 4.75. The zero-order valence-electron chi connectivity index (χ0n) is 11.2. The van der Waals surface area contributed by atoms with Gasteiger partial charge in [-0.05, 0) is 32.1 Å². The Balaban J connectivity index is 2.26. The quantitative estimate of drug-likeness (QED) is 0.787. The van der Waals surface area contributed by atoms with Gasteiger partial charge >= 0.3 is 0 Å². The third kappa shape index (κ3) is 2.74. The zero-order valence-corrected chi connectivity index (χ0v) is 11.9. The first-order valence-corrected chi connectivity index (χ1v) is 7.38. The van der Waals surface area contributed by atoms with E-state index in [1.165, 1.54) is 12.8 Å². The maximum atomic E-state index is 6.04. The second-order valence-electron chi connectivity index (χ2n) is 4.71. The van der Waals surface area contributed by atoms with Crippen molar-refractivity contribution in [3.05, 3.63) is 11.4 Å². The predicted octanol–water partition coefficient (Wildman–Crippen LogP) is 2.59. The van der Waals surface area contributed by atoms with E-state index >= 15 is 0 Å². The van der Waals surface area contributed by atoms with Gasteiger partial charge in [0.2, 0.25) is 5.95 Å². The largest absolute Gasteiger partial charge is 0.335 e. The smallest absolute Gasteiger partial charge is 0.245 e. The van der Waals surface area contributed by atoms with E-state index in [0.717, 1.165) is 43.1 Å². The van der Waals surface area contributed by atoms with Crippen LogP contribution in [0.25, 0.3) is 0 Å². The van der Waals surface area contributed by atoms with Crippen molar-refractivity contribution in [2.45, 2.75) is 52.0 Å². The van der Waals surface area contributed by atoms with Crippen LogP contribution in [0.3, 0.4) is 0 Å². The molecule has 0 radical (unpaired) electrons. The number of piperidine rings is 1. The van der Waals surface area contributed by atoms with Crippen molar-refractivity contribution in [2.24, 2.45) is 0 Å². The molecule has 0 saturated carbocycles. The second kappa shape index (κ2) is 6.32. The fourth-order valence-corrected chi connectivity index (χ4v) is 2.80. The first-order valence-electron chi connectivity index (χ1n) is 6.85. The van der Waals surface area contributed by atoms with Crippen LogP contribution in [-0.2, 0) is 12.8 Å². The van der Waals surface area contributed by atoms with E-state index in [9.17, 15) is 0 Å². The first-order chi connectivity index (χ1) is 8.80. The lowest BCUT2D eigenvalue weighted by Crippen LogP contribution is -2.42. The molecular weight excluding hydrogens is 248 g/mol. The van der Waals surface area contributed by atoms with Gasteiger partial charge in [-0.25, -0.2) is 4.98 Å². The van der Waals surface area contributed by atoms with Gasteiger partial charge in [0.15, 0.2) is 0 Å². The molecule has 0 N–H and O–H groups in total. The molecule has 4 nitrogen and oxygen atoms in total. The minimum absolute atomic E-state index is 0.361. The van der Waals surface area contributed by atoms with E-state index in [4.69, 9.17) is 11.6 Å². The molecule has 1 aromatic rings. The predicted molar refractivity (Wildman–Crippen MR) is 74.3 cm³/mol. The van der Waals surface area contributed by atoms with E-state index in [1.807, 2.05) is 0 Å². The molecule has 0 spiro atoms. The summed E-state index contributed by atoms with van der Waals surface area (Å²) in [6.45, 7) is 5.20. The molecular formula is C13H21ClN4. The fourth-order valence-electron chi connectivity index (χ4n) is 2.47. The molecule has 100 valence electrons. The van der Waals surface area contributed by atoms with E-state index in [-0.39, 0.29) is 0 Å². The summed E-state index contributed by atoms with van der Waals surface area (Å²) in [6.07, 6.45) is 5.36. The summed E-state index contributed by atoms with van der Waals surface area (Å²) in [5.41, 5.74) is 2.09. The molecule has 0 aromatic carbocycles. The van der Waals surface area contributed by atoms with Crippen LogP contribution in [0.15, 0.2) is 0 Å². The number of anilines is 1. The van der Waals surface area contributed by atoms with Gasteiger partial charge < -0.3 is 4.90 Å². The summed E-state index contributed by atoms with van der Waals surface area (Å²) >= 11 is 6.04. The molecule has 1 saturated heterocycles. The highest BCUT2D eigenvalue weighted by Crippen LogP contribution is 2.22. The molecule has 5 heteroatoms. The highest BCUT2D eigenvalue weighted by atomic mass is 35.5. The van der Waals surface area contributed by atoms with Gasteiger partial charge in [-0.1, -0.05) is 13.8 Å². The average Bonchev–Trinajstić information content (AvgIpc) is 2.46. The summed E-state index contributed by atoms with van der Waals surface area (Å²) < 4.78 is 0. The van der Waals surface area contributed by atoms with Gasteiger partial charge in [0.05, 0.1) is 11.4 Å². The molecule has 1 fully saturated rings. The maximum Gasteiger partial charge on any atom is 0.245 e. The van der Waals surface area contributed by atoms with Crippen LogP contribution in [-0.4, -0.2) is 33.6 Å². The Bertz CT molecular complexity index is 397. The summed E-state index contributed by atoms with van der Waals surface area (Å²) in [4.78, 5) is 6.90. The van der Waals surface area contributed by atoms with E-state index in [0.29, 0.717) is 11.9 Å². The molecule has 2 rings (SSSR count). The van der Waals surface area contributed by atoms with Gasteiger partial charge in [-0.3, -0.25) is 0 Å². The van der Waals surface area contributed by atoms with Crippen molar-refractivity contribution >= 4 is 17.5 Å². The Morgan fingerprint density at radius 1 is 1.17 bits per heavy atom. The minimum Gasteiger partial charge on any atom is -0.335 e. The minimum atomic E-state index is 0.361. The lowest BCUT2D eigenvalue weighted by molar-refractivity contribution is 0.477. The Morgan fingerprint density at radius 2 is 1.94 bits per heavy atom.